The Kier molecular flexibility index (Phi) is 9.54. The number of thioether (sulfide) groups is 2. The van der Waals surface area contributed by atoms with E-state index in [0.717, 1.165) is 48.6 Å². The lowest BCUT2D eigenvalue weighted by Gasteiger charge is -2.00. The van der Waals surface area contributed by atoms with Crippen molar-refractivity contribution < 1.29 is 19.8 Å². The fourth-order valence-corrected chi connectivity index (χ4v) is 7.12. The number of nitrogens with zero attached hydrogens (tertiary/aromatic N) is 2. The third kappa shape index (κ3) is 7.70. The molecular formula is C23H24N2O4S4. The third-order valence-electron chi connectivity index (χ3n) is 4.51. The van der Waals surface area contributed by atoms with E-state index in [1.807, 2.05) is 43.3 Å². The van der Waals surface area contributed by atoms with Crippen LogP contribution in [0, 0.1) is 6.92 Å². The van der Waals surface area contributed by atoms with Gasteiger partial charge in [-0.1, -0.05) is 47.8 Å². The Bertz CT molecular complexity index is 1200. The Morgan fingerprint density at radius 1 is 0.970 bits per heavy atom. The van der Waals surface area contributed by atoms with Gasteiger partial charge in [0.1, 0.15) is 5.25 Å². The largest absolute Gasteiger partial charge is 0.481 e. The van der Waals surface area contributed by atoms with E-state index < -0.39 is 17.2 Å². The maximum Gasteiger partial charge on any atom is 0.316 e. The number of para-hydroxylation sites is 2. The predicted molar refractivity (Wildman–Crippen MR) is 139 cm³/mol. The molecule has 10 heteroatoms. The second-order valence-electron chi connectivity index (χ2n) is 7.15. The molecule has 0 aliphatic rings. The number of hydrogen-bond acceptors (Lipinski definition) is 8. The van der Waals surface area contributed by atoms with Crippen molar-refractivity contribution in [3.8, 4) is 0 Å². The molecule has 6 nitrogen and oxygen atoms in total. The standard InChI is InChI=1S/C12H13NO2S2.C11H11NO2S2/c14-11(15)7-3-4-8-16-12-13-9-5-1-2-6-10(9)17-12;1-6-4-3-5-8-9(6)12-11(16-8)15-7(2)10(13)14/h1-2,5-6H,3-4,7-8H2,(H,14,15);3-5,7H,1-2H3,(H,13,14). The van der Waals surface area contributed by atoms with Gasteiger partial charge in [0.25, 0.3) is 0 Å². The number of hydrogen-bond donors (Lipinski definition) is 2. The van der Waals surface area contributed by atoms with Crippen LogP contribution < -0.4 is 0 Å². The highest BCUT2D eigenvalue weighted by Gasteiger charge is 2.15. The molecule has 0 saturated heterocycles. The van der Waals surface area contributed by atoms with Gasteiger partial charge in [-0.2, -0.15) is 0 Å². The topological polar surface area (TPSA) is 100 Å². The summed E-state index contributed by atoms with van der Waals surface area (Å²) < 4.78 is 4.21. The fraction of sp³-hybridized carbons (Fsp3) is 0.304. The van der Waals surface area contributed by atoms with Crippen LogP contribution in [-0.2, 0) is 9.59 Å². The van der Waals surface area contributed by atoms with Crippen molar-refractivity contribution in [1.82, 2.24) is 9.97 Å². The van der Waals surface area contributed by atoms with Crippen LogP contribution in [0.5, 0.6) is 0 Å². The molecule has 0 aliphatic heterocycles. The van der Waals surface area contributed by atoms with E-state index in [9.17, 15) is 9.59 Å². The van der Waals surface area contributed by atoms with Gasteiger partial charge in [0.2, 0.25) is 0 Å². The number of aryl methyl sites for hydroxylation is 1. The number of thiazole rings is 2. The van der Waals surface area contributed by atoms with Gasteiger partial charge < -0.3 is 10.2 Å². The molecule has 2 aromatic heterocycles. The monoisotopic (exact) mass is 520 g/mol. The Balaban J connectivity index is 0.000000186. The first kappa shape index (κ1) is 25.5. The predicted octanol–water partition coefficient (Wildman–Crippen LogP) is 6.81. The average Bonchev–Trinajstić information content (AvgIpc) is 3.37. The van der Waals surface area contributed by atoms with Crippen LogP contribution in [0.1, 0.15) is 31.7 Å². The van der Waals surface area contributed by atoms with Crippen molar-refractivity contribution in [2.24, 2.45) is 0 Å². The summed E-state index contributed by atoms with van der Waals surface area (Å²) in [5.41, 5.74) is 3.15. The summed E-state index contributed by atoms with van der Waals surface area (Å²) >= 11 is 6.25. The zero-order chi connectivity index (χ0) is 23.8. The van der Waals surface area contributed by atoms with Gasteiger partial charge in [-0.15, -0.1) is 22.7 Å². The van der Waals surface area contributed by atoms with Crippen LogP contribution in [0.25, 0.3) is 20.4 Å². The molecule has 2 aromatic carbocycles. The quantitative estimate of drug-likeness (QED) is 0.183. The fourth-order valence-electron chi connectivity index (χ4n) is 2.77. The second-order valence-corrected chi connectivity index (χ2v) is 12.1. The Morgan fingerprint density at radius 2 is 1.70 bits per heavy atom. The highest BCUT2D eigenvalue weighted by atomic mass is 32.2. The van der Waals surface area contributed by atoms with Crippen molar-refractivity contribution in [2.45, 2.75) is 47.0 Å². The maximum atomic E-state index is 10.7. The molecule has 0 aliphatic carbocycles. The molecule has 1 unspecified atom stereocenters. The molecule has 174 valence electrons. The van der Waals surface area contributed by atoms with Gasteiger partial charge in [0.15, 0.2) is 8.68 Å². The smallest absolute Gasteiger partial charge is 0.316 e. The maximum absolute atomic E-state index is 10.7. The summed E-state index contributed by atoms with van der Waals surface area (Å²) in [5.74, 6) is -0.580. The Labute approximate surface area is 208 Å². The molecule has 2 N–H and O–H groups in total. The first-order valence-electron chi connectivity index (χ1n) is 10.3. The molecule has 0 amide bonds. The average molecular weight is 521 g/mol. The summed E-state index contributed by atoms with van der Waals surface area (Å²) in [6.45, 7) is 3.68. The second kappa shape index (κ2) is 12.4. The van der Waals surface area contributed by atoms with E-state index in [4.69, 9.17) is 10.2 Å². The molecular weight excluding hydrogens is 497 g/mol. The van der Waals surface area contributed by atoms with Crippen LogP contribution in [0.4, 0.5) is 0 Å². The number of aromatic nitrogens is 2. The molecule has 0 fully saturated rings. The zero-order valence-corrected chi connectivity index (χ0v) is 21.5. The molecule has 4 aromatic rings. The highest BCUT2D eigenvalue weighted by Crippen LogP contribution is 2.33. The minimum absolute atomic E-state index is 0.264. The van der Waals surface area contributed by atoms with Crippen molar-refractivity contribution in [2.75, 3.05) is 5.75 Å². The lowest BCUT2D eigenvalue weighted by molar-refractivity contribution is -0.137. The third-order valence-corrected chi connectivity index (χ3v) is 8.98. The molecule has 33 heavy (non-hydrogen) atoms. The number of benzene rings is 2. The molecule has 2 heterocycles. The number of fused-ring (bicyclic) bond motifs is 2. The number of aliphatic carboxylic acids is 2. The SMILES string of the molecule is Cc1cccc2sc(SC(C)C(=O)O)nc12.O=C(O)CCCCSc1nc2ccccc2s1. The van der Waals surface area contributed by atoms with Gasteiger partial charge in [-0.05, 0) is 50.5 Å². The van der Waals surface area contributed by atoms with Crippen molar-refractivity contribution in [3.05, 3.63) is 48.0 Å². The zero-order valence-electron chi connectivity index (χ0n) is 18.2. The minimum Gasteiger partial charge on any atom is -0.481 e. The summed E-state index contributed by atoms with van der Waals surface area (Å²) in [6, 6.07) is 14.1. The van der Waals surface area contributed by atoms with E-state index in [0.29, 0.717) is 0 Å². The van der Waals surface area contributed by atoms with Crippen molar-refractivity contribution in [1.29, 1.82) is 0 Å². The first-order valence-corrected chi connectivity index (χ1v) is 13.8. The van der Waals surface area contributed by atoms with Crippen LogP contribution >= 0.6 is 46.2 Å². The summed E-state index contributed by atoms with van der Waals surface area (Å²) in [5, 5.41) is 16.9. The van der Waals surface area contributed by atoms with Gasteiger partial charge in [-0.3, -0.25) is 9.59 Å². The lowest BCUT2D eigenvalue weighted by atomic mass is 10.2. The van der Waals surface area contributed by atoms with Gasteiger partial charge in [0, 0.05) is 12.2 Å². The Morgan fingerprint density at radius 3 is 2.39 bits per heavy atom. The van der Waals surface area contributed by atoms with E-state index in [1.54, 1.807) is 41.4 Å². The van der Waals surface area contributed by atoms with Gasteiger partial charge in [0.05, 0.1) is 20.4 Å². The van der Waals surface area contributed by atoms with Crippen LogP contribution in [0.3, 0.4) is 0 Å². The van der Waals surface area contributed by atoms with E-state index in [1.165, 1.54) is 16.5 Å². The number of rotatable bonds is 9. The Hall–Kier alpha value is -2.14. The first-order chi connectivity index (χ1) is 15.8. The summed E-state index contributed by atoms with van der Waals surface area (Å²) in [6.07, 6.45) is 1.93. The number of carboxylic acids is 2. The molecule has 0 bridgehead atoms. The highest BCUT2D eigenvalue weighted by molar-refractivity contribution is 8.02. The summed E-state index contributed by atoms with van der Waals surface area (Å²) in [4.78, 5) is 30.0. The van der Waals surface area contributed by atoms with Gasteiger partial charge >= 0.3 is 11.9 Å². The van der Waals surface area contributed by atoms with Crippen LogP contribution in [0.2, 0.25) is 0 Å². The van der Waals surface area contributed by atoms with Crippen molar-refractivity contribution in [3.63, 3.8) is 0 Å². The number of unbranched alkanes of at least 4 members (excludes halogenated alkanes) is 1. The minimum atomic E-state index is -0.805. The van der Waals surface area contributed by atoms with Crippen molar-refractivity contribution >= 4 is 78.6 Å². The van der Waals surface area contributed by atoms with Crippen LogP contribution in [0.15, 0.2) is 51.1 Å². The summed E-state index contributed by atoms with van der Waals surface area (Å²) in [7, 11) is 0. The van der Waals surface area contributed by atoms with Gasteiger partial charge in [-0.25, -0.2) is 9.97 Å². The molecule has 0 radical (unpaired) electrons. The number of carboxylic acid groups (broad SMARTS) is 2. The molecule has 1 atom stereocenters. The molecule has 4 rings (SSSR count). The van der Waals surface area contributed by atoms with E-state index in [-0.39, 0.29) is 6.42 Å². The van der Waals surface area contributed by atoms with E-state index in [2.05, 4.69) is 16.0 Å². The molecule has 0 saturated carbocycles. The lowest BCUT2D eigenvalue weighted by Crippen LogP contribution is -2.10. The molecule has 0 spiro atoms. The number of carbonyl (C=O) groups is 2. The normalized spacial score (nSPS) is 11.8. The van der Waals surface area contributed by atoms with Crippen LogP contribution in [-0.4, -0.2) is 43.1 Å². The van der Waals surface area contributed by atoms with E-state index >= 15 is 0 Å².